The lowest BCUT2D eigenvalue weighted by Gasteiger charge is -2.26. The van der Waals surface area contributed by atoms with Gasteiger partial charge in [-0.3, -0.25) is 9.69 Å². The highest BCUT2D eigenvalue weighted by Gasteiger charge is 2.22. The van der Waals surface area contributed by atoms with Crippen molar-refractivity contribution < 1.29 is 9.53 Å². The van der Waals surface area contributed by atoms with E-state index in [0.29, 0.717) is 6.54 Å². The average molecular weight is 361 g/mol. The van der Waals surface area contributed by atoms with Gasteiger partial charge in [0.05, 0.1) is 13.2 Å². The van der Waals surface area contributed by atoms with Crippen molar-refractivity contribution in [1.29, 1.82) is 0 Å². The van der Waals surface area contributed by atoms with E-state index in [-0.39, 0.29) is 5.91 Å². The second kappa shape index (κ2) is 6.83. The molecule has 0 aliphatic carbocycles. The van der Waals surface area contributed by atoms with Crippen molar-refractivity contribution in [2.45, 2.75) is 13.0 Å². The fraction of sp³-hybridized carbons (Fsp3) is 0.318. The van der Waals surface area contributed by atoms with Crippen LogP contribution in [-0.2, 0) is 17.7 Å². The van der Waals surface area contributed by atoms with Crippen LogP contribution in [-0.4, -0.2) is 48.6 Å². The van der Waals surface area contributed by atoms with Gasteiger partial charge in [0.1, 0.15) is 0 Å². The number of nitrogens with zero attached hydrogens (tertiary/aromatic N) is 1. The number of carbonyl (C=O) groups excluding carboxylic acids is 1. The predicted octanol–water partition coefficient (Wildman–Crippen LogP) is 2.95. The molecule has 2 aromatic carbocycles. The van der Waals surface area contributed by atoms with Crippen LogP contribution in [0.2, 0.25) is 0 Å². The Labute approximate surface area is 158 Å². The lowest BCUT2D eigenvalue weighted by atomic mass is 9.99. The van der Waals surface area contributed by atoms with Crippen molar-refractivity contribution in [1.82, 2.24) is 15.2 Å². The number of aromatic amines is 1. The molecule has 0 atom stereocenters. The molecule has 1 saturated heterocycles. The van der Waals surface area contributed by atoms with Gasteiger partial charge in [-0.1, -0.05) is 24.3 Å². The molecular weight excluding hydrogens is 338 g/mol. The van der Waals surface area contributed by atoms with E-state index < -0.39 is 0 Å². The van der Waals surface area contributed by atoms with E-state index in [1.54, 1.807) is 0 Å². The first-order valence-electron chi connectivity index (χ1n) is 9.61. The topological polar surface area (TPSA) is 57.4 Å². The molecule has 2 aliphatic heterocycles. The Bertz CT molecular complexity index is 1000. The van der Waals surface area contributed by atoms with E-state index >= 15 is 0 Å². The van der Waals surface area contributed by atoms with Gasteiger partial charge in [-0.25, -0.2) is 0 Å². The van der Waals surface area contributed by atoms with Crippen LogP contribution < -0.4 is 5.32 Å². The standard InChI is InChI=1S/C22H23N3O2/c26-22-18-5-2-6-19-20(18)17(7-8-23-22)21(24-19)16-4-1-3-15(13-16)14-25-9-11-27-12-10-25/h1-6,13,24H,7-12,14H2,(H,23,26). The van der Waals surface area contributed by atoms with Gasteiger partial charge >= 0.3 is 0 Å². The summed E-state index contributed by atoms with van der Waals surface area (Å²) in [7, 11) is 0. The molecule has 2 aliphatic rings. The Morgan fingerprint density at radius 2 is 1.93 bits per heavy atom. The van der Waals surface area contributed by atoms with Gasteiger partial charge < -0.3 is 15.0 Å². The molecule has 27 heavy (non-hydrogen) atoms. The zero-order valence-electron chi connectivity index (χ0n) is 15.3. The van der Waals surface area contributed by atoms with Crippen molar-refractivity contribution in [3.63, 3.8) is 0 Å². The second-order valence-corrected chi connectivity index (χ2v) is 7.30. The van der Waals surface area contributed by atoms with E-state index in [2.05, 4.69) is 45.5 Å². The summed E-state index contributed by atoms with van der Waals surface area (Å²) in [5, 5.41) is 4.08. The van der Waals surface area contributed by atoms with Gasteiger partial charge in [-0.05, 0) is 41.3 Å². The van der Waals surface area contributed by atoms with Gasteiger partial charge in [0.2, 0.25) is 0 Å². The summed E-state index contributed by atoms with van der Waals surface area (Å²) >= 11 is 0. The Hall–Kier alpha value is -2.63. The van der Waals surface area contributed by atoms with Crippen LogP contribution >= 0.6 is 0 Å². The molecule has 0 radical (unpaired) electrons. The average Bonchev–Trinajstić information content (AvgIpc) is 2.98. The third-order valence-electron chi connectivity index (χ3n) is 5.56. The fourth-order valence-corrected chi connectivity index (χ4v) is 4.24. The number of hydrogen-bond acceptors (Lipinski definition) is 3. The van der Waals surface area contributed by atoms with Crippen LogP contribution in [0.5, 0.6) is 0 Å². The Morgan fingerprint density at radius 1 is 1.07 bits per heavy atom. The van der Waals surface area contributed by atoms with E-state index in [4.69, 9.17) is 4.74 Å². The summed E-state index contributed by atoms with van der Waals surface area (Å²) in [4.78, 5) is 18.4. The molecule has 0 unspecified atom stereocenters. The zero-order chi connectivity index (χ0) is 18.2. The van der Waals surface area contributed by atoms with Crippen molar-refractivity contribution in [2.24, 2.45) is 0 Å². The third-order valence-corrected chi connectivity index (χ3v) is 5.56. The molecule has 138 valence electrons. The van der Waals surface area contributed by atoms with E-state index in [9.17, 15) is 4.79 Å². The number of aromatic nitrogens is 1. The summed E-state index contributed by atoms with van der Waals surface area (Å²) in [5.41, 5.74) is 6.68. The maximum absolute atomic E-state index is 12.4. The largest absolute Gasteiger partial charge is 0.379 e. The number of ether oxygens (including phenoxy) is 1. The molecule has 1 fully saturated rings. The molecular formula is C22H23N3O2. The van der Waals surface area contributed by atoms with Gasteiger partial charge in [-0.2, -0.15) is 0 Å². The van der Waals surface area contributed by atoms with Gasteiger partial charge in [-0.15, -0.1) is 0 Å². The quantitative estimate of drug-likeness (QED) is 0.754. The van der Waals surface area contributed by atoms with Crippen LogP contribution in [0.4, 0.5) is 0 Å². The first kappa shape index (κ1) is 16.5. The molecule has 3 heterocycles. The minimum atomic E-state index is 0.0194. The SMILES string of the molecule is O=C1NCCc2c(-c3cccc(CN4CCOCC4)c3)[nH]c3cccc1c23. The van der Waals surface area contributed by atoms with Gasteiger partial charge in [0, 0.05) is 48.3 Å². The highest BCUT2D eigenvalue weighted by atomic mass is 16.5. The predicted molar refractivity (Wildman–Crippen MR) is 106 cm³/mol. The first-order chi connectivity index (χ1) is 13.3. The monoisotopic (exact) mass is 361 g/mol. The van der Waals surface area contributed by atoms with Gasteiger partial charge in [0.15, 0.2) is 0 Å². The number of nitrogens with one attached hydrogen (secondary N) is 2. The molecule has 5 rings (SSSR count). The van der Waals surface area contributed by atoms with E-state index in [1.165, 1.54) is 16.7 Å². The number of benzene rings is 2. The minimum Gasteiger partial charge on any atom is -0.379 e. The Morgan fingerprint density at radius 3 is 2.81 bits per heavy atom. The number of morpholine rings is 1. The number of amides is 1. The van der Waals surface area contributed by atoms with Crippen molar-refractivity contribution in [3.05, 3.63) is 59.2 Å². The van der Waals surface area contributed by atoms with Crippen molar-refractivity contribution in [3.8, 4) is 11.3 Å². The molecule has 1 amide bonds. The number of H-pyrrole nitrogens is 1. The number of hydrogen-bond donors (Lipinski definition) is 2. The zero-order valence-corrected chi connectivity index (χ0v) is 15.3. The molecule has 5 heteroatoms. The Kier molecular flexibility index (Phi) is 4.19. The van der Waals surface area contributed by atoms with Crippen LogP contribution in [0.1, 0.15) is 21.5 Å². The second-order valence-electron chi connectivity index (χ2n) is 7.30. The molecule has 0 saturated carbocycles. The molecule has 2 N–H and O–H groups in total. The highest BCUT2D eigenvalue weighted by molar-refractivity contribution is 6.10. The molecule has 0 spiro atoms. The maximum atomic E-state index is 12.4. The smallest absolute Gasteiger partial charge is 0.251 e. The van der Waals surface area contributed by atoms with Crippen molar-refractivity contribution in [2.75, 3.05) is 32.8 Å². The maximum Gasteiger partial charge on any atom is 0.251 e. The van der Waals surface area contributed by atoms with Crippen LogP contribution in [0.3, 0.4) is 0 Å². The fourth-order valence-electron chi connectivity index (χ4n) is 4.24. The highest BCUT2D eigenvalue weighted by Crippen LogP contribution is 2.34. The summed E-state index contributed by atoms with van der Waals surface area (Å²) in [6.45, 7) is 5.21. The van der Waals surface area contributed by atoms with E-state index in [0.717, 1.165) is 61.4 Å². The number of rotatable bonds is 3. The Balaban J connectivity index is 1.55. The van der Waals surface area contributed by atoms with Crippen LogP contribution in [0, 0.1) is 0 Å². The molecule has 1 aromatic heterocycles. The summed E-state index contributed by atoms with van der Waals surface area (Å²) < 4.78 is 5.45. The van der Waals surface area contributed by atoms with Gasteiger partial charge in [0.25, 0.3) is 5.91 Å². The summed E-state index contributed by atoms with van der Waals surface area (Å²) in [6.07, 6.45) is 0.839. The molecule has 0 bridgehead atoms. The molecule has 3 aromatic rings. The molecule has 5 nitrogen and oxygen atoms in total. The summed E-state index contributed by atoms with van der Waals surface area (Å²) in [5.74, 6) is 0.0194. The third kappa shape index (κ3) is 3.03. The normalized spacial score (nSPS) is 17.7. The van der Waals surface area contributed by atoms with Crippen molar-refractivity contribution >= 4 is 16.8 Å². The van der Waals surface area contributed by atoms with Crippen LogP contribution in [0.25, 0.3) is 22.2 Å². The summed E-state index contributed by atoms with van der Waals surface area (Å²) in [6, 6.07) is 14.7. The lowest BCUT2D eigenvalue weighted by Crippen LogP contribution is -2.35. The van der Waals surface area contributed by atoms with Crippen LogP contribution in [0.15, 0.2) is 42.5 Å². The minimum absolute atomic E-state index is 0.0194. The first-order valence-corrected chi connectivity index (χ1v) is 9.61. The lowest BCUT2D eigenvalue weighted by molar-refractivity contribution is 0.0342. The number of carbonyl (C=O) groups is 1. The van der Waals surface area contributed by atoms with E-state index in [1.807, 2.05) is 12.1 Å².